The molecule has 1 spiro atoms. The molecule has 6 nitrogen and oxygen atoms in total. The van der Waals surface area contributed by atoms with Crippen molar-refractivity contribution in [2.75, 3.05) is 24.6 Å². The van der Waals surface area contributed by atoms with Crippen LogP contribution in [0.25, 0.3) is 11.4 Å². The van der Waals surface area contributed by atoms with Crippen molar-refractivity contribution >= 4 is 10.8 Å². The fourth-order valence-corrected chi connectivity index (χ4v) is 7.70. The van der Waals surface area contributed by atoms with Crippen LogP contribution < -0.4 is 0 Å². The SMILES string of the molecule is CC1C[C@@H](N2CCC3(C2)CS(=O)C3)C[C@H]1c1cc(-c2ccnc(C(F)(F)F)n2)nn1C(C)C. The minimum atomic E-state index is -4.59. The molecule has 3 fully saturated rings. The summed E-state index contributed by atoms with van der Waals surface area (Å²) in [7, 11) is -0.632. The topological polar surface area (TPSA) is 63.9 Å². The van der Waals surface area contributed by atoms with Crippen LogP contribution in [0.1, 0.15) is 63.5 Å². The number of rotatable bonds is 4. The first-order valence-corrected chi connectivity index (χ1v) is 13.1. The second-order valence-electron chi connectivity index (χ2n) is 10.4. The number of halogens is 3. The Morgan fingerprint density at radius 1 is 1.21 bits per heavy atom. The van der Waals surface area contributed by atoms with Crippen LogP contribution in [0.5, 0.6) is 0 Å². The summed E-state index contributed by atoms with van der Waals surface area (Å²) in [4.78, 5) is 9.71. The third kappa shape index (κ3) is 4.24. The van der Waals surface area contributed by atoms with E-state index >= 15 is 0 Å². The van der Waals surface area contributed by atoms with Gasteiger partial charge in [0, 0.05) is 64.2 Å². The Labute approximate surface area is 194 Å². The molecule has 3 aliphatic rings. The van der Waals surface area contributed by atoms with Gasteiger partial charge in [-0.05, 0) is 57.7 Å². The van der Waals surface area contributed by atoms with Crippen LogP contribution in [0, 0.1) is 11.3 Å². The molecule has 0 amide bonds. The van der Waals surface area contributed by atoms with Crippen LogP contribution in [-0.4, -0.2) is 59.5 Å². The van der Waals surface area contributed by atoms with E-state index in [1.165, 1.54) is 6.07 Å². The molecule has 1 saturated carbocycles. The summed E-state index contributed by atoms with van der Waals surface area (Å²) in [5.41, 5.74) is 1.99. The Morgan fingerprint density at radius 2 is 1.97 bits per heavy atom. The van der Waals surface area contributed by atoms with Gasteiger partial charge in [0.15, 0.2) is 0 Å². The normalized spacial score (nSPS) is 32.7. The predicted octanol–water partition coefficient (Wildman–Crippen LogP) is 4.28. The van der Waals surface area contributed by atoms with Crippen LogP contribution in [-0.2, 0) is 17.0 Å². The predicted molar refractivity (Wildman–Crippen MR) is 120 cm³/mol. The molecule has 3 atom stereocenters. The monoisotopic (exact) mass is 481 g/mol. The molecule has 180 valence electrons. The summed E-state index contributed by atoms with van der Waals surface area (Å²) in [6.45, 7) is 8.45. The van der Waals surface area contributed by atoms with Gasteiger partial charge in [-0.3, -0.25) is 13.8 Å². The molecular weight excluding hydrogens is 451 g/mol. The smallest absolute Gasteiger partial charge is 0.300 e. The Balaban J connectivity index is 1.39. The molecule has 4 heterocycles. The lowest BCUT2D eigenvalue weighted by Crippen LogP contribution is -2.47. The van der Waals surface area contributed by atoms with Crippen molar-refractivity contribution in [3.05, 3.63) is 29.8 Å². The van der Waals surface area contributed by atoms with Crippen LogP contribution in [0.4, 0.5) is 13.2 Å². The molecule has 2 saturated heterocycles. The summed E-state index contributed by atoms with van der Waals surface area (Å²) < 4.78 is 53.0. The first kappa shape index (κ1) is 23.0. The van der Waals surface area contributed by atoms with Gasteiger partial charge < -0.3 is 0 Å². The molecule has 33 heavy (non-hydrogen) atoms. The molecule has 2 aliphatic heterocycles. The van der Waals surface area contributed by atoms with E-state index in [0.717, 1.165) is 55.7 Å². The molecule has 2 aromatic rings. The van der Waals surface area contributed by atoms with Gasteiger partial charge in [0.05, 0.1) is 5.69 Å². The molecule has 1 aliphatic carbocycles. The van der Waals surface area contributed by atoms with Crippen LogP contribution in [0.3, 0.4) is 0 Å². The molecule has 2 aromatic heterocycles. The quantitative estimate of drug-likeness (QED) is 0.653. The lowest BCUT2D eigenvalue weighted by Gasteiger charge is -2.38. The maximum atomic E-state index is 13.1. The van der Waals surface area contributed by atoms with E-state index in [1.807, 2.05) is 24.6 Å². The first-order chi connectivity index (χ1) is 15.5. The molecule has 0 N–H and O–H groups in total. The highest BCUT2D eigenvalue weighted by Crippen LogP contribution is 2.47. The zero-order valence-corrected chi connectivity index (χ0v) is 20.0. The van der Waals surface area contributed by atoms with E-state index in [4.69, 9.17) is 0 Å². The average molecular weight is 482 g/mol. The number of aromatic nitrogens is 4. The van der Waals surface area contributed by atoms with Crippen LogP contribution in [0.15, 0.2) is 18.3 Å². The maximum Gasteiger partial charge on any atom is 0.451 e. The van der Waals surface area contributed by atoms with Crippen LogP contribution >= 0.6 is 0 Å². The van der Waals surface area contributed by atoms with Gasteiger partial charge in [0.2, 0.25) is 5.82 Å². The minimum Gasteiger partial charge on any atom is -0.300 e. The summed E-state index contributed by atoms with van der Waals surface area (Å²) >= 11 is 0. The zero-order chi connectivity index (χ0) is 23.5. The maximum absolute atomic E-state index is 13.1. The van der Waals surface area contributed by atoms with Gasteiger partial charge >= 0.3 is 6.18 Å². The lowest BCUT2D eigenvalue weighted by atomic mass is 9.91. The fraction of sp³-hybridized carbons (Fsp3) is 0.696. The zero-order valence-electron chi connectivity index (χ0n) is 19.2. The summed E-state index contributed by atoms with van der Waals surface area (Å²) in [5.74, 6) is 1.28. The Bertz CT molecular complexity index is 1060. The van der Waals surface area contributed by atoms with Gasteiger partial charge in [0.25, 0.3) is 0 Å². The van der Waals surface area contributed by atoms with Crippen molar-refractivity contribution in [2.45, 2.75) is 64.2 Å². The van der Waals surface area contributed by atoms with Gasteiger partial charge in [-0.1, -0.05) is 6.92 Å². The molecular formula is C23H30F3N5OS. The number of likely N-dealkylation sites (tertiary alicyclic amines) is 1. The molecule has 0 aromatic carbocycles. The van der Waals surface area contributed by atoms with E-state index < -0.39 is 22.8 Å². The highest BCUT2D eigenvalue weighted by molar-refractivity contribution is 7.86. The third-order valence-corrected chi connectivity index (χ3v) is 9.45. The summed E-state index contributed by atoms with van der Waals surface area (Å²) in [5, 5.41) is 4.67. The molecule has 0 bridgehead atoms. The Kier molecular flexibility index (Phi) is 5.67. The second-order valence-corrected chi connectivity index (χ2v) is 11.9. The number of alkyl halides is 3. The van der Waals surface area contributed by atoms with Crippen molar-refractivity contribution in [1.29, 1.82) is 0 Å². The molecule has 0 radical (unpaired) electrons. The van der Waals surface area contributed by atoms with Crippen molar-refractivity contribution in [2.24, 2.45) is 11.3 Å². The summed E-state index contributed by atoms with van der Waals surface area (Å²) in [6, 6.07) is 3.98. The Hall–Kier alpha value is -1.81. The van der Waals surface area contributed by atoms with Crippen molar-refractivity contribution in [3.63, 3.8) is 0 Å². The molecule has 10 heteroatoms. The van der Waals surface area contributed by atoms with Gasteiger partial charge in [0.1, 0.15) is 5.69 Å². The van der Waals surface area contributed by atoms with E-state index in [9.17, 15) is 17.4 Å². The van der Waals surface area contributed by atoms with E-state index in [-0.39, 0.29) is 23.1 Å². The van der Waals surface area contributed by atoms with E-state index in [0.29, 0.717) is 17.7 Å². The van der Waals surface area contributed by atoms with Gasteiger partial charge in [-0.15, -0.1) is 0 Å². The minimum absolute atomic E-state index is 0.0870. The van der Waals surface area contributed by atoms with E-state index in [1.54, 1.807) is 0 Å². The largest absolute Gasteiger partial charge is 0.451 e. The standard InChI is InChI=1S/C23H30F3N5OS/c1-14(2)31-20(10-19(29-31)18-4-6-27-21(28-18)23(24,25)26)17-9-16(8-15(17)3)30-7-5-22(11-30)12-33(32)13-22/h4,6,10,14-17H,5,7-9,11-13H2,1-3H3/t15?,16-,17-,22?,33?/m1/s1. The van der Waals surface area contributed by atoms with E-state index in [2.05, 4.69) is 26.9 Å². The number of hydrogen-bond donors (Lipinski definition) is 0. The Morgan fingerprint density at radius 3 is 2.64 bits per heavy atom. The number of hydrogen-bond acceptors (Lipinski definition) is 5. The molecule has 1 unspecified atom stereocenters. The second kappa shape index (κ2) is 8.15. The highest BCUT2D eigenvalue weighted by Gasteiger charge is 2.50. The third-order valence-electron chi connectivity index (χ3n) is 7.58. The highest BCUT2D eigenvalue weighted by atomic mass is 32.2. The van der Waals surface area contributed by atoms with Crippen molar-refractivity contribution in [3.8, 4) is 11.4 Å². The summed E-state index contributed by atoms with van der Waals surface area (Å²) in [6.07, 6.45) is -0.210. The fourth-order valence-electron chi connectivity index (χ4n) is 5.95. The first-order valence-electron chi connectivity index (χ1n) is 11.6. The van der Waals surface area contributed by atoms with Crippen LogP contribution in [0.2, 0.25) is 0 Å². The molecule has 5 rings (SSSR count). The average Bonchev–Trinajstić information content (AvgIpc) is 3.43. The van der Waals surface area contributed by atoms with Gasteiger partial charge in [-0.25, -0.2) is 9.97 Å². The van der Waals surface area contributed by atoms with Crippen molar-refractivity contribution in [1.82, 2.24) is 24.6 Å². The van der Waals surface area contributed by atoms with Crippen molar-refractivity contribution < 1.29 is 17.4 Å². The lowest BCUT2D eigenvalue weighted by molar-refractivity contribution is -0.144. The number of nitrogens with zero attached hydrogens (tertiary/aromatic N) is 5. The van der Waals surface area contributed by atoms with Gasteiger partial charge in [-0.2, -0.15) is 18.3 Å².